The first-order valence-electron chi connectivity index (χ1n) is 46.1. The van der Waals surface area contributed by atoms with E-state index in [0.717, 1.165) is 117 Å². The van der Waals surface area contributed by atoms with E-state index in [-0.39, 0.29) is 17.2 Å². The van der Waals surface area contributed by atoms with Crippen LogP contribution in [0, 0.1) is 20.8 Å². The summed E-state index contributed by atoms with van der Waals surface area (Å²) >= 11 is 0. The van der Waals surface area contributed by atoms with E-state index < -0.39 is 112 Å². The highest BCUT2D eigenvalue weighted by Crippen LogP contribution is 2.45. The first kappa shape index (κ1) is 90.9. The number of aromatic nitrogens is 9. The SMILES string of the molecule is Cc1ccc(-c2c3nc(c(-c4ccc(C)cc4)c4ccc([nH]4)c(-c4ccc(OCCC[n+]5ccc(-c6c7nc(c(-c8ccc(O[C@@H]9O[C@H](CO)[C@H](O)[C@@H](O)[C@H]9O)cc8)c8ccc([nH]8)c(-c8ccc(O[C@@H]9O[C@H](CO)[C@H](O)[C@@H](O)[C@H]9O)cc8)c8nc(c(-c9ccc(O[C@@H]%10O[C@H](CO)[C@H](O)[C@@H](O)[C@H]%10O)cc9)c9ccc6[nH]9)C=C8)C=C7)cc5)cc4)c4nc(c(-c5ccc(C)cc5)c5ccc2[nH]5)C=C4)C=C3)cc1. The van der Waals surface area contributed by atoms with E-state index in [2.05, 4.69) is 179 Å². The van der Waals surface area contributed by atoms with Crippen molar-refractivity contribution in [2.24, 2.45) is 0 Å². The fraction of sp³-hybridized carbons (Fsp3) is 0.216. The van der Waals surface area contributed by atoms with Crippen LogP contribution in [0.4, 0.5) is 0 Å². The maximum Gasteiger partial charge on any atom is 0.229 e. The molecule has 7 aromatic heterocycles. The number of fused-ring (bicyclic) bond motifs is 16. The number of nitrogens with zero attached hydrogens (tertiary/aromatic N) is 5. The summed E-state index contributed by atoms with van der Waals surface area (Å²) in [5.74, 6) is 1.37. The summed E-state index contributed by atoms with van der Waals surface area (Å²) in [6, 6.07) is 75.2. The Kier molecular flexibility index (Phi) is 25.2. The second kappa shape index (κ2) is 38.5. The molecule has 7 aromatic carbocycles. The minimum Gasteiger partial charge on any atom is -0.493 e. The highest BCUT2D eigenvalue weighted by Gasteiger charge is 2.48. The minimum atomic E-state index is -1.68. The largest absolute Gasteiger partial charge is 0.493 e. The first-order chi connectivity index (χ1) is 67.6. The molecule has 7 aliphatic rings. The number of aliphatic hydroxyl groups excluding tert-OH is 12. The third-order valence-corrected chi connectivity index (χ3v) is 26.4. The fourth-order valence-corrected chi connectivity index (χ4v) is 18.9. The standard InChI is InChI=1S/C111H99N9O19/c1-58-5-11-61(12-6-58)92-73-33-35-75(112-73)93(62-13-7-59(2)8-14-62)77-37-39-79(114-77)95(80-40-38-78(115-80)94(76-36-34-74(92)113-76)63-15-9-60(3)10-16-63)64-17-25-69(26-18-64)133-54-4-51-120-52-49-68(50-53-120)99-87-47-45-85(118-87)97(66-21-29-71(30-22-66)135-110-107(131)104(128)101(125)90(56-122)138-110)83-43-41-81(116-83)96(65-19-27-70(28-20-65)134-109-106(130)103(127)100(124)89(55-121)137-109)82-42-44-84(117-82)98(86-46-48-88(99)119-86)67-23-31-72(32-24-67)136-111-108(132)105(129)102(126)91(57-123)139-111/h5-50,52-53,89-91,100-111,121-132H,4,51,54-57H2,1-3H3,(H3,112,113,114,115,116,117,118,119)/p+1/t89-,90-,91-,100+,101+,102+,103-,104-,105-,106-,107-,108-,109-,110-,111-/m1/s1. The Morgan fingerprint density at radius 1 is 0.259 bits per heavy atom. The summed E-state index contributed by atoms with van der Waals surface area (Å²) in [6.45, 7) is 5.31. The molecule has 0 unspecified atom stereocenters. The van der Waals surface area contributed by atoms with E-state index in [1.165, 1.54) is 0 Å². The molecule has 16 N–H and O–H groups in total. The van der Waals surface area contributed by atoms with Gasteiger partial charge < -0.3 is 114 Å². The maximum atomic E-state index is 11.0. The van der Waals surface area contributed by atoms with Crippen molar-refractivity contribution < 1.29 is 99.0 Å². The van der Waals surface area contributed by atoms with Crippen LogP contribution in [0.15, 0.2) is 243 Å². The molecule has 0 aliphatic carbocycles. The first-order valence-corrected chi connectivity index (χ1v) is 46.1. The molecule has 14 aromatic rings. The Labute approximate surface area is 796 Å². The van der Waals surface area contributed by atoms with E-state index >= 15 is 0 Å². The summed E-state index contributed by atoms with van der Waals surface area (Å²) in [7, 11) is 0. The Balaban J connectivity index is 0.635. The molecule has 28 heteroatoms. The van der Waals surface area contributed by atoms with Gasteiger partial charge in [0.2, 0.25) is 18.9 Å². The zero-order chi connectivity index (χ0) is 95.5. The summed E-state index contributed by atoms with van der Waals surface area (Å²) in [5.41, 5.74) is 28.1. The van der Waals surface area contributed by atoms with Gasteiger partial charge in [-0.3, -0.25) is 0 Å². The van der Waals surface area contributed by atoms with Crippen molar-refractivity contribution in [1.29, 1.82) is 0 Å². The van der Waals surface area contributed by atoms with E-state index in [9.17, 15) is 61.3 Å². The monoisotopic (exact) mass is 1860 g/mol. The van der Waals surface area contributed by atoms with Crippen LogP contribution in [-0.2, 0) is 20.8 Å². The summed E-state index contributed by atoms with van der Waals surface area (Å²) in [4.78, 5) is 37.4. The Bertz CT molecular complexity index is 7340. The number of aryl methyl sites for hydroxylation is 4. The Hall–Kier alpha value is -14.5. The molecule has 16 bridgehead atoms. The van der Waals surface area contributed by atoms with Crippen molar-refractivity contribution in [3.05, 3.63) is 305 Å². The number of aromatic amines is 4. The van der Waals surface area contributed by atoms with Crippen molar-refractivity contribution in [3.8, 4) is 112 Å². The molecule has 139 heavy (non-hydrogen) atoms. The van der Waals surface area contributed by atoms with Gasteiger partial charge in [0.1, 0.15) is 96.2 Å². The molecular formula is C111H100N9O19+. The van der Waals surface area contributed by atoms with E-state index in [1.807, 2.05) is 109 Å². The average Bonchev–Trinajstić information content (AvgIpc) is 1.61. The second-order valence-electron chi connectivity index (χ2n) is 35.7. The van der Waals surface area contributed by atoms with Crippen LogP contribution in [0.3, 0.4) is 0 Å². The van der Waals surface area contributed by atoms with Crippen LogP contribution in [-0.4, -0.2) is 220 Å². The number of pyridine rings is 1. The summed E-state index contributed by atoms with van der Waals surface area (Å²) < 4.78 is 44.2. The molecule has 0 spiro atoms. The van der Waals surface area contributed by atoms with Crippen LogP contribution >= 0.6 is 0 Å². The predicted octanol–water partition coefficient (Wildman–Crippen LogP) is 14.2. The molecule has 15 atom stereocenters. The van der Waals surface area contributed by atoms with Gasteiger partial charge in [-0.1, -0.05) is 138 Å². The number of hydrogen-bond donors (Lipinski definition) is 16. The lowest BCUT2D eigenvalue weighted by Gasteiger charge is -2.39. The normalized spacial score (nSPS) is 22.1. The van der Waals surface area contributed by atoms with Gasteiger partial charge in [0.05, 0.1) is 72.0 Å². The molecule has 0 radical (unpaired) electrons. The lowest BCUT2D eigenvalue weighted by molar-refractivity contribution is -0.697. The van der Waals surface area contributed by atoms with Crippen LogP contribution in [0.25, 0.3) is 182 Å². The molecule has 3 saturated heterocycles. The lowest BCUT2D eigenvalue weighted by Crippen LogP contribution is -2.60. The number of rotatable bonds is 22. The van der Waals surface area contributed by atoms with Crippen molar-refractivity contribution >= 4 is 92.7 Å². The Morgan fingerprint density at radius 3 is 0.691 bits per heavy atom. The number of nitrogens with one attached hydrogen (secondary N) is 4. The third kappa shape index (κ3) is 18.0. The van der Waals surface area contributed by atoms with E-state index in [0.29, 0.717) is 104 Å². The van der Waals surface area contributed by atoms with Crippen molar-refractivity contribution in [2.45, 2.75) is 126 Å². The van der Waals surface area contributed by atoms with Gasteiger partial charge in [-0.05, 0) is 211 Å². The smallest absolute Gasteiger partial charge is 0.229 e. The quantitative estimate of drug-likeness (QED) is 0.0221. The lowest BCUT2D eigenvalue weighted by atomic mass is 9.99. The molecule has 14 heterocycles. The molecule has 28 nitrogen and oxygen atoms in total. The number of aliphatic hydroxyl groups is 12. The second-order valence-corrected chi connectivity index (χ2v) is 35.7. The fourth-order valence-electron chi connectivity index (χ4n) is 18.9. The molecule has 0 amide bonds. The molecule has 3 fully saturated rings. The predicted molar refractivity (Wildman–Crippen MR) is 529 cm³/mol. The van der Waals surface area contributed by atoms with Gasteiger partial charge in [0.15, 0.2) is 18.9 Å². The van der Waals surface area contributed by atoms with Crippen LogP contribution < -0.4 is 23.5 Å². The van der Waals surface area contributed by atoms with Gasteiger partial charge in [0.25, 0.3) is 0 Å². The van der Waals surface area contributed by atoms with Crippen molar-refractivity contribution in [1.82, 2.24) is 39.9 Å². The number of benzene rings is 7. The van der Waals surface area contributed by atoms with E-state index in [1.54, 1.807) is 48.5 Å². The van der Waals surface area contributed by atoms with Gasteiger partial charge in [-0.25, -0.2) is 24.5 Å². The molecule has 702 valence electrons. The zero-order valence-corrected chi connectivity index (χ0v) is 75.6. The summed E-state index contributed by atoms with van der Waals surface area (Å²) in [6.07, 6.45) is -2.08. The zero-order valence-electron chi connectivity index (χ0n) is 75.6. The topological polar surface area (TPSA) is 426 Å². The van der Waals surface area contributed by atoms with Crippen molar-refractivity contribution in [2.75, 3.05) is 26.4 Å². The average molecular weight is 1860 g/mol. The van der Waals surface area contributed by atoms with Gasteiger partial charge in [-0.2, -0.15) is 0 Å². The van der Waals surface area contributed by atoms with Crippen LogP contribution in [0.2, 0.25) is 0 Å². The number of hydrogen-bond acceptors (Lipinski definition) is 23. The van der Waals surface area contributed by atoms with Crippen LogP contribution in [0.1, 0.15) is 68.7 Å². The minimum absolute atomic E-state index is 0.216. The molecular weight excluding hydrogens is 1760 g/mol. The number of H-pyrrole nitrogens is 4. The summed E-state index contributed by atoms with van der Waals surface area (Å²) in [5, 5.41) is 127. The van der Waals surface area contributed by atoms with Gasteiger partial charge >= 0.3 is 0 Å². The van der Waals surface area contributed by atoms with Gasteiger partial charge in [-0.15, -0.1) is 0 Å². The Morgan fingerprint density at radius 2 is 0.468 bits per heavy atom. The van der Waals surface area contributed by atoms with E-state index in [4.69, 9.17) is 53.1 Å². The van der Waals surface area contributed by atoms with Crippen molar-refractivity contribution in [3.63, 3.8) is 0 Å². The highest BCUT2D eigenvalue weighted by molar-refractivity contribution is 6.03. The maximum absolute atomic E-state index is 11.0. The molecule has 7 aliphatic heterocycles. The highest BCUT2D eigenvalue weighted by atomic mass is 16.7. The van der Waals surface area contributed by atoms with Gasteiger partial charge in [0, 0.05) is 107 Å². The molecule has 0 saturated carbocycles. The van der Waals surface area contributed by atoms with Crippen LogP contribution in [0.5, 0.6) is 23.0 Å². The third-order valence-electron chi connectivity index (χ3n) is 26.4. The molecule has 21 rings (SSSR count). The number of ether oxygens (including phenoxy) is 7.